The van der Waals surface area contributed by atoms with Crippen molar-refractivity contribution in [2.45, 2.75) is 12.6 Å². The molecule has 0 aromatic carbocycles. The van der Waals surface area contributed by atoms with Gasteiger partial charge in [-0.25, -0.2) is 4.39 Å². The predicted molar refractivity (Wildman–Crippen MR) is 19.5 cm³/mol. The Hall–Kier alpha value is -1.13. The van der Waals surface area contributed by atoms with Crippen LogP contribution in [0.3, 0.4) is 0 Å². The Balaban J connectivity index is 4.38. The van der Waals surface area contributed by atoms with Gasteiger partial charge in [0, 0.05) is 0 Å². The van der Waals surface area contributed by atoms with E-state index in [1.807, 2.05) is 0 Å². The summed E-state index contributed by atoms with van der Waals surface area (Å²) in [5, 5.41) is 19.1. The highest BCUT2D eigenvalue weighted by atomic mass is 19.1. The molecule has 0 aromatic rings. The highest BCUT2D eigenvalue weighted by Gasteiger charge is 2.26. The summed E-state index contributed by atoms with van der Waals surface area (Å²) >= 11 is 0. The topological polar surface area (TPSA) is 80.3 Å². The zero-order valence-corrected chi connectivity index (χ0v) is 4.51. The van der Waals surface area contributed by atoms with E-state index in [0.717, 1.165) is 0 Å². The lowest BCUT2D eigenvalue weighted by Gasteiger charge is -2.21. The zero-order valence-electron chi connectivity index (χ0n) is 4.51. The fourth-order valence-electron chi connectivity index (χ4n) is 0.0833. The zero-order chi connectivity index (χ0) is 7.65. The summed E-state index contributed by atoms with van der Waals surface area (Å²) in [5.74, 6) is -4.61. The largest absolute Gasteiger partial charge is 0.546 e. The molecule has 0 N–H and O–H groups in total. The van der Waals surface area contributed by atoms with E-state index in [2.05, 4.69) is 0 Å². The molecule has 0 heterocycles. The molecule has 0 bridgehead atoms. The van der Waals surface area contributed by atoms with Gasteiger partial charge in [0.2, 0.25) is 0 Å². The van der Waals surface area contributed by atoms with Crippen LogP contribution in [0.15, 0.2) is 0 Å². The molecule has 0 aliphatic rings. The first kappa shape index (κ1) is 7.87. The fraction of sp³-hybridized carbons (Fsp3) is 0.500. The van der Waals surface area contributed by atoms with E-state index in [4.69, 9.17) is 0 Å². The number of rotatable bonds is 2. The molecular formula is C4H3FO4-2. The molecule has 0 unspecified atom stereocenters. The minimum Gasteiger partial charge on any atom is -0.546 e. The van der Waals surface area contributed by atoms with Gasteiger partial charge in [0.05, 0.1) is 11.9 Å². The summed E-state index contributed by atoms with van der Waals surface area (Å²) in [5.41, 5.74) is -3.39. The number of carbonyl (C=O) groups is 2. The fourth-order valence-corrected chi connectivity index (χ4v) is 0.0833. The van der Waals surface area contributed by atoms with Crippen LogP contribution in [0.4, 0.5) is 4.39 Å². The lowest BCUT2D eigenvalue weighted by molar-refractivity contribution is -0.341. The highest BCUT2D eigenvalue weighted by molar-refractivity contribution is 5.98. The third-order valence-corrected chi connectivity index (χ3v) is 0.767. The van der Waals surface area contributed by atoms with E-state index in [-0.39, 0.29) is 0 Å². The maximum Gasteiger partial charge on any atom is 0.186 e. The summed E-state index contributed by atoms with van der Waals surface area (Å²) in [6.45, 7) is 0.345. The summed E-state index contributed by atoms with van der Waals surface area (Å²) in [4.78, 5) is 19.1. The second kappa shape index (κ2) is 2.00. The summed E-state index contributed by atoms with van der Waals surface area (Å²) in [6, 6.07) is 0. The molecule has 0 rings (SSSR count). The minimum absolute atomic E-state index is 0.345. The van der Waals surface area contributed by atoms with Crippen LogP contribution in [0.5, 0.6) is 0 Å². The van der Waals surface area contributed by atoms with Crippen LogP contribution in [0.25, 0.3) is 0 Å². The molecule has 0 aromatic heterocycles. The van der Waals surface area contributed by atoms with E-state index in [9.17, 15) is 24.2 Å². The van der Waals surface area contributed by atoms with Crippen molar-refractivity contribution in [1.29, 1.82) is 0 Å². The standard InChI is InChI=1S/C4H5FO4/c1-4(5,2(6)7)3(8)9/h1H3,(H,6,7)(H,8,9)/p-2. The molecule has 0 saturated heterocycles. The smallest absolute Gasteiger partial charge is 0.186 e. The van der Waals surface area contributed by atoms with Crippen LogP contribution in [0.2, 0.25) is 0 Å². The number of carboxylic acid groups (broad SMARTS) is 2. The molecular weight excluding hydrogens is 131 g/mol. The SMILES string of the molecule is CC(F)(C(=O)[O-])C(=O)[O-]. The predicted octanol–water partition coefficient (Wildman–Crippen LogP) is -2.79. The molecule has 0 spiro atoms. The van der Waals surface area contributed by atoms with Gasteiger partial charge in [-0.05, 0) is 6.92 Å². The van der Waals surface area contributed by atoms with Gasteiger partial charge < -0.3 is 19.8 Å². The Kier molecular flexibility index (Phi) is 1.75. The molecule has 0 radical (unpaired) electrons. The number of halogens is 1. The van der Waals surface area contributed by atoms with Crippen molar-refractivity contribution in [2.75, 3.05) is 0 Å². The van der Waals surface area contributed by atoms with E-state index in [1.54, 1.807) is 0 Å². The van der Waals surface area contributed by atoms with Crippen molar-refractivity contribution in [3.63, 3.8) is 0 Å². The van der Waals surface area contributed by atoms with Crippen LogP contribution in [0, 0.1) is 0 Å². The second-order valence-corrected chi connectivity index (χ2v) is 1.58. The van der Waals surface area contributed by atoms with Gasteiger partial charge in [0.1, 0.15) is 0 Å². The molecule has 0 saturated carbocycles. The van der Waals surface area contributed by atoms with Gasteiger partial charge in [-0.15, -0.1) is 0 Å². The number of hydrogen-bond donors (Lipinski definition) is 0. The Morgan fingerprint density at radius 1 is 1.33 bits per heavy atom. The number of carbonyl (C=O) groups excluding carboxylic acids is 2. The quantitative estimate of drug-likeness (QED) is 0.382. The second-order valence-electron chi connectivity index (χ2n) is 1.58. The number of aliphatic carboxylic acids is 2. The van der Waals surface area contributed by atoms with Crippen molar-refractivity contribution < 1.29 is 24.2 Å². The van der Waals surface area contributed by atoms with Crippen molar-refractivity contribution in [1.82, 2.24) is 0 Å². The minimum atomic E-state index is -3.39. The van der Waals surface area contributed by atoms with Crippen molar-refractivity contribution in [3.05, 3.63) is 0 Å². The Morgan fingerprint density at radius 3 is 1.56 bits per heavy atom. The van der Waals surface area contributed by atoms with E-state index in [1.165, 1.54) is 0 Å². The van der Waals surface area contributed by atoms with E-state index < -0.39 is 17.6 Å². The van der Waals surface area contributed by atoms with Crippen molar-refractivity contribution in [3.8, 4) is 0 Å². The van der Waals surface area contributed by atoms with Crippen LogP contribution < -0.4 is 10.2 Å². The first-order chi connectivity index (χ1) is 3.89. The molecule has 4 nitrogen and oxygen atoms in total. The summed E-state index contributed by atoms with van der Waals surface area (Å²) in [7, 11) is 0. The molecule has 9 heavy (non-hydrogen) atoms. The number of hydrogen-bond acceptors (Lipinski definition) is 4. The normalized spacial score (nSPS) is 10.9. The average molecular weight is 134 g/mol. The first-order valence-electron chi connectivity index (χ1n) is 2.01. The average Bonchev–Trinajstić information content (AvgIpc) is 1.65. The first-order valence-corrected chi connectivity index (χ1v) is 2.01. The lowest BCUT2D eigenvalue weighted by atomic mass is 10.1. The van der Waals surface area contributed by atoms with E-state index >= 15 is 0 Å². The van der Waals surface area contributed by atoms with Gasteiger partial charge >= 0.3 is 0 Å². The summed E-state index contributed by atoms with van der Waals surface area (Å²) in [6.07, 6.45) is 0. The molecule has 5 heteroatoms. The van der Waals surface area contributed by atoms with Crippen molar-refractivity contribution >= 4 is 11.9 Å². The maximum atomic E-state index is 12.0. The molecule has 52 valence electrons. The Morgan fingerprint density at radius 2 is 1.56 bits per heavy atom. The van der Waals surface area contributed by atoms with Crippen LogP contribution in [-0.2, 0) is 9.59 Å². The van der Waals surface area contributed by atoms with Gasteiger partial charge in [0.15, 0.2) is 5.67 Å². The lowest BCUT2D eigenvalue weighted by Crippen LogP contribution is -2.54. The molecule has 0 fully saturated rings. The monoisotopic (exact) mass is 134 g/mol. The van der Waals surface area contributed by atoms with E-state index in [0.29, 0.717) is 6.92 Å². The maximum absolute atomic E-state index is 12.0. The molecule has 0 amide bonds. The highest BCUT2D eigenvalue weighted by Crippen LogP contribution is 2.05. The van der Waals surface area contributed by atoms with Crippen LogP contribution in [0.1, 0.15) is 6.92 Å². The van der Waals surface area contributed by atoms with Gasteiger partial charge in [-0.1, -0.05) is 0 Å². The number of carboxylic acids is 2. The van der Waals surface area contributed by atoms with Gasteiger partial charge in [-0.3, -0.25) is 0 Å². The summed E-state index contributed by atoms with van der Waals surface area (Å²) < 4.78 is 12.0. The molecule has 0 atom stereocenters. The molecule has 0 aliphatic carbocycles. The third-order valence-electron chi connectivity index (χ3n) is 0.767. The van der Waals surface area contributed by atoms with Crippen LogP contribution >= 0.6 is 0 Å². The Labute approximate surface area is 49.9 Å². The molecule has 0 aliphatic heterocycles. The Bertz CT molecular complexity index is 135. The van der Waals surface area contributed by atoms with Crippen LogP contribution in [-0.4, -0.2) is 17.6 Å². The van der Waals surface area contributed by atoms with Gasteiger partial charge in [-0.2, -0.15) is 0 Å². The van der Waals surface area contributed by atoms with Gasteiger partial charge in [0.25, 0.3) is 0 Å². The van der Waals surface area contributed by atoms with Crippen molar-refractivity contribution in [2.24, 2.45) is 0 Å². The number of alkyl halides is 1. The third kappa shape index (κ3) is 1.38.